The normalized spacial score (nSPS) is 22.0. The van der Waals surface area contributed by atoms with Crippen molar-refractivity contribution in [2.45, 2.75) is 51.0 Å². The van der Waals surface area contributed by atoms with E-state index < -0.39 is 0 Å². The van der Waals surface area contributed by atoms with E-state index in [-0.39, 0.29) is 5.91 Å². The molecular formula is C21H31N7O. The summed E-state index contributed by atoms with van der Waals surface area (Å²) in [7, 11) is 1.89. The maximum Gasteiger partial charge on any atom is 0.291 e. The van der Waals surface area contributed by atoms with E-state index in [9.17, 15) is 4.79 Å². The largest absolute Gasteiger partial charge is 0.356 e. The maximum atomic E-state index is 13.2. The number of anilines is 1. The Morgan fingerprint density at radius 3 is 2.38 bits per heavy atom. The summed E-state index contributed by atoms with van der Waals surface area (Å²) >= 11 is 0. The van der Waals surface area contributed by atoms with Crippen LogP contribution >= 0.6 is 0 Å². The Balaban J connectivity index is 1.34. The molecule has 29 heavy (non-hydrogen) atoms. The zero-order valence-electron chi connectivity index (χ0n) is 17.4. The first kappa shape index (κ1) is 18.8. The molecule has 8 heteroatoms. The molecule has 2 aromatic heterocycles. The lowest BCUT2D eigenvalue weighted by Gasteiger charge is -2.40. The Bertz CT molecular complexity index is 875. The molecule has 1 saturated carbocycles. The summed E-state index contributed by atoms with van der Waals surface area (Å²) < 4.78 is 1.76. The van der Waals surface area contributed by atoms with Gasteiger partial charge < -0.3 is 9.80 Å². The summed E-state index contributed by atoms with van der Waals surface area (Å²) in [6.45, 7) is 5.40. The van der Waals surface area contributed by atoms with Gasteiger partial charge in [0.1, 0.15) is 5.82 Å². The molecule has 0 bridgehead atoms. The Morgan fingerprint density at radius 1 is 0.931 bits per heavy atom. The quantitative estimate of drug-likeness (QED) is 0.790. The molecule has 2 aromatic rings. The van der Waals surface area contributed by atoms with Gasteiger partial charge in [-0.15, -0.1) is 0 Å². The summed E-state index contributed by atoms with van der Waals surface area (Å²) in [5, 5.41) is 5.40. The topological polar surface area (TPSA) is 70.4 Å². The number of hydrogen-bond donors (Lipinski definition) is 0. The van der Waals surface area contributed by atoms with E-state index in [4.69, 9.17) is 4.98 Å². The molecule has 1 amide bonds. The van der Waals surface area contributed by atoms with Crippen LogP contribution in [-0.2, 0) is 7.05 Å². The van der Waals surface area contributed by atoms with Crippen molar-refractivity contribution in [3.05, 3.63) is 12.0 Å². The number of nitrogens with zero attached hydrogens (tertiary/aromatic N) is 7. The highest BCUT2D eigenvalue weighted by molar-refractivity contribution is 5.95. The van der Waals surface area contributed by atoms with Crippen LogP contribution in [0.1, 0.15) is 55.6 Å². The van der Waals surface area contributed by atoms with Gasteiger partial charge in [-0.05, 0) is 25.7 Å². The van der Waals surface area contributed by atoms with Crippen molar-refractivity contribution in [3.63, 3.8) is 0 Å². The molecule has 8 nitrogen and oxygen atoms in total. The van der Waals surface area contributed by atoms with E-state index in [1.54, 1.807) is 4.68 Å². The molecule has 0 aromatic carbocycles. The molecule has 2 saturated heterocycles. The van der Waals surface area contributed by atoms with E-state index in [2.05, 4.69) is 19.9 Å². The summed E-state index contributed by atoms with van der Waals surface area (Å²) in [6, 6.07) is 0.712. The Kier molecular flexibility index (Phi) is 5.11. The highest BCUT2D eigenvalue weighted by Gasteiger charge is 2.30. The SMILES string of the molecule is Cn1cc2c(N3CCCC3)nc(C(=O)N3CCN(C4CCCCC4)CC3)nc2n1. The average molecular weight is 398 g/mol. The number of piperazine rings is 1. The van der Waals surface area contributed by atoms with Crippen LogP contribution in [0, 0.1) is 0 Å². The molecule has 3 fully saturated rings. The second-order valence-corrected chi connectivity index (χ2v) is 8.73. The van der Waals surface area contributed by atoms with Gasteiger partial charge in [-0.25, -0.2) is 9.97 Å². The molecule has 3 aliphatic rings. The molecule has 1 aliphatic carbocycles. The summed E-state index contributed by atoms with van der Waals surface area (Å²) in [5.74, 6) is 1.11. The second-order valence-electron chi connectivity index (χ2n) is 8.73. The summed E-state index contributed by atoms with van der Waals surface area (Å²) in [6.07, 6.45) is 11.0. The number of rotatable bonds is 3. The molecule has 4 heterocycles. The zero-order chi connectivity index (χ0) is 19.8. The lowest BCUT2D eigenvalue weighted by Crippen LogP contribution is -2.52. The summed E-state index contributed by atoms with van der Waals surface area (Å²) in [4.78, 5) is 29.3. The first-order valence-corrected chi connectivity index (χ1v) is 11.2. The number of hydrogen-bond acceptors (Lipinski definition) is 6. The molecular weight excluding hydrogens is 366 g/mol. The van der Waals surface area contributed by atoms with Crippen molar-refractivity contribution < 1.29 is 4.79 Å². The number of amides is 1. The van der Waals surface area contributed by atoms with Gasteiger partial charge in [0.2, 0.25) is 5.82 Å². The van der Waals surface area contributed by atoms with Crippen LogP contribution in [0.2, 0.25) is 0 Å². The van der Waals surface area contributed by atoms with Gasteiger partial charge in [0, 0.05) is 58.6 Å². The molecule has 2 aliphatic heterocycles. The van der Waals surface area contributed by atoms with Crippen molar-refractivity contribution >= 4 is 22.8 Å². The number of carbonyl (C=O) groups excluding carboxylic acids is 1. The Labute approximate surface area is 171 Å². The third-order valence-corrected chi connectivity index (χ3v) is 6.76. The van der Waals surface area contributed by atoms with Gasteiger partial charge in [-0.2, -0.15) is 5.10 Å². The molecule has 0 unspecified atom stereocenters. The minimum Gasteiger partial charge on any atom is -0.356 e. The van der Waals surface area contributed by atoms with Crippen LogP contribution in [0.15, 0.2) is 6.20 Å². The van der Waals surface area contributed by atoms with Crippen LogP contribution in [0.3, 0.4) is 0 Å². The van der Waals surface area contributed by atoms with Crippen molar-refractivity contribution in [1.29, 1.82) is 0 Å². The number of fused-ring (bicyclic) bond motifs is 1. The predicted molar refractivity (Wildman–Crippen MR) is 112 cm³/mol. The van der Waals surface area contributed by atoms with Gasteiger partial charge in [-0.3, -0.25) is 14.4 Å². The highest BCUT2D eigenvalue weighted by atomic mass is 16.2. The number of aryl methyl sites for hydroxylation is 1. The predicted octanol–water partition coefficient (Wildman–Crippen LogP) is 2.05. The first-order chi connectivity index (χ1) is 14.2. The summed E-state index contributed by atoms with van der Waals surface area (Å²) in [5.41, 5.74) is 0.619. The molecule has 0 N–H and O–H groups in total. The molecule has 5 rings (SSSR count). The first-order valence-electron chi connectivity index (χ1n) is 11.2. The minimum atomic E-state index is -0.0544. The van der Waals surface area contributed by atoms with Crippen molar-refractivity contribution in [1.82, 2.24) is 29.5 Å². The van der Waals surface area contributed by atoms with E-state index in [0.717, 1.165) is 63.3 Å². The lowest BCUT2D eigenvalue weighted by molar-refractivity contribution is 0.0513. The van der Waals surface area contributed by atoms with E-state index in [1.165, 1.54) is 32.1 Å². The lowest BCUT2D eigenvalue weighted by atomic mass is 9.94. The van der Waals surface area contributed by atoms with Crippen molar-refractivity contribution in [3.8, 4) is 0 Å². The van der Waals surface area contributed by atoms with Crippen LogP contribution in [0.5, 0.6) is 0 Å². The molecule has 0 radical (unpaired) electrons. The van der Waals surface area contributed by atoms with Crippen LogP contribution in [0.4, 0.5) is 5.82 Å². The maximum absolute atomic E-state index is 13.2. The van der Waals surface area contributed by atoms with Gasteiger partial charge in [0.15, 0.2) is 5.65 Å². The highest BCUT2D eigenvalue weighted by Crippen LogP contribution is 2.27. The van der Waals surface area contributed by atoms with Gasteiger partial charge >= 0.3 is 0 Å². The molecule has 0 spiro atoms. The average Bonchev–Trinajstić information content (AvgIpc) is 3.42. The van der Waals surface area contributed by atoms with Crippen LogP contribution in [-0.4, -0.2) is 80.8 Å². The minimum absolute atomic E-state index is 0.0544. The van der Waals surface area contributed by atoms with E-state index in [0.29, 0.717) is 17.5 Å². The van der Waals surface area contributed by atoms with Crippen LogP contribution in [0.25, 0.3) is 11.0 Å². The third kappa shape index (κ3) is 3.70. The van der Waals surface area contributed by atoms with Crippen molar-refractivity contribution in [2.24, 2.45) is 7.05 Å². The van der Waals surface area contributed by atoms with Gasteiger partial charge in [0.25, 0.3) is 5.91 Å². The Morgan fingerprint density at radius 2 is 1.66 bits per heavy atom. The second kappa shape index (κ2) is 7.89. The monoisotopic (exact) mass is 397 g/mol. The number of aromatic nitrogens is 4. The zero-order valence-corrected chi connectivity index (χ0v) is 17.4. The fourth-order valence-electron chi connectivity index (χ4n) is 5.15. The molecule has 0 atom stereocenters. The van der Waals surface area contributed by atoms with Gasteiger partial charge in [0.05, 0.1) is 5.39 Å². The molecule has 156 valence electrons. The van der Waals surface area contributed by atoms with E-state index >= 15 is 0 Å². The Hall–Kier alpha value is -2.22. The fourth-order valence-corrected chi connectivity index (χ4v) is 5.15. The van der Waals surface area contributed by atoms with Gasteiger partial charge in [-0.1, -0.05) is 19.3 Å². The smallest absolute Gasteiger partial charge is 0.291 e. The number of carbonyl (C=O) groups is 1. The fraction of sp³-hybridized carbons (Fsp3) is 0.714. The third-order valence-electron chi connectivity index (χ3n) is 6.76. The van der Waals surface area contributed by atoms with Crippen molar-refractivity contribution in [2.75, 3.05) is 44.2 Å². The van der Waals surface area contributed by atoms with Crippen LogP contribution < -0.4 is 4.90 Å². The van der Waals surface area contributed by atoms with E-state index in [1.807, 2.05) is 18.1 Å². The standard InChI is InChI=1S/C21H31N7O/c1-25-15-17-18(24-25)22-19(23-20(17)27-9-5-6-10-27)21(29)28-13-11-26(12-14-28)16-7-3-2-4-8-16/h15-16H,2-14H2,1H3.